The van der Waals surface area contributed by atoms with E-state index in [1.165, 1.54) is 0 Å². The van der Waals surface area contributed by atoms with E-state index >= 15 is 0 Å². The molecule has 7 heteroatoms. The largest absolute Gasteiger partial charge is 0.423 e. The topological polar surface area (TPSA) is 63.7 Å². The lowest BCUT2D eigenvalue weighted by molar-refractivity contribution is -0.148. The van der Waals surface area contributed by atoms with Gasteiger partial charge in [0.2, 0.25) is 11.8 Å². The van der Waals surface area contributed by atoms with Gasteiger partial charge in [0.15, 0.2) is 5.75 Å². The van der Waals surface area contributed by atoms with Crippen LogP contribution in [0.5, 0.6) is 5.75 Å². The number of halogens is 2. The van der Waals surface area contributed by atoms with Gasteiger partial charge >= 0.3 is 5.97 Å². The van der Waals surface area contributed by atoms with Gasteiger partial charge in [-0.25, -0.2) is 4.79 Å². The zero-order chi connectivity index (χ0) is 17.4. The number of allylic oxidation sites excluding steroid dienone is 2. The smallest absolute Gasteiger partial charge is 0.331 e. The Morgan fingerprint density at radius 2 is 1.83 bits per heavy atom. The van der Waals surface area contributed by atoms with Crippen LogP contribution < -0.4 is 4.74 Å². The molecule has 5 nitrogen and oxygen atoms in total. The van der Waals surface area contributed by atoms with Crippen molar-refractivity contribution in [2.45, 2.75) is 19.8 Å². The lowest BCUT2D eigenvalue weighted by atomic mass is 9.85. The van der Waals surface area contributed by atoms with Crippen LogP contribution in [0.15, 0.2) is 28.8 Å². The molecule has 1 aromatic rings. The van der Waals surface area contributed by atoms with Crippen LogP contribution in [-0.2, 0) is 14.4 Å². The molecule has 0 spiro atoms. The van der Waals surface area contributed by atoms with Gasteiger partial charge in [-0.2, -0.15) is 0 Å². The Kier molecular flexibility index (Phi) is 4.78. The Morgan fingerprint density at radius 3 is 2.38 bits per heavy atom. The Balaban J connectivity index is 1.72. The lowest BCUT2D eigenvalue weighted by Crippen LogP contribution is -2.37. The molecule has 24 heavy (non-hydrogen) atoms. The minimum atomic E-state index is -0.685. The summed E-state index contributed by atoms with van der Waals surface area (Å²) in [6.07, 6.45) is 4.88. The van der Waals surface area contributed by atoms with E-state index in [4.69, 9.17) is 16.3 Å². The highest BCUT2D eigenvalue weighted by Crippen LogP contribution is 2.35. The van der Waals surface area contributed by atoms with Crippen LogP contribution in [0.1, 0.15) is 18.4 Å². The molecular weight excluding hydrogens is 398 g/mol. The van der Waals surface area contributed by atoms with E-state index in [9.17, 15) is 14.4 Å². The van der Waals surface area contributed by atoms with Gasteiger partial charge in [0.05, 0.1) is 16.9 Å². The van der Waals surface area contributed by atoms with E-state index in [1.807, 2.05) is 12.2 Å². The zero-order valence-electron chi connectivity index (χ0n) is 12.9. The third kappa shape index (κ3) is 3.13. The second kappa shape index (κ2) is 6.69. The molecule has 1 aromatic carbocycles. The number of fused-ring (bicyclic) bond motifs is 1. The van der Waals surface area contributed by atoms with Gasteiger partial charge in [-0.05, 0) is 37.5 Å². The van der Waals surface area contributed by atoms with Crippen LogP contribution in [0, 0.1) is 18.8 Å². The third-order valence-electron chi connectivity index (χ3n) is 4.30. The Morgan fingerprint density at radius 1 is 1.25 bits per heavy atom. The number of likely N-dealkylation sites (tertiary alicyclic amines) is 1. The van der Waals surface area contributed by atoms with Crippen molar-refractivity contribution in [3.05, 3.63) is 39.3 Å². The van der Waals surface area contributed by atoms with E-state index in [0.717, 1.165) is 9.37 Å². The zero-order valence-corrected chi connectivity index (χ0v) is 15.3. The minimum Gasteiger partial charge on any atom is -0.423 e. The summed E-state index contributed by atoms with van der Waals surface area (Å²) in [6, 6.07) is 3.38. The number of aryl methyl sites for hydroxylation is 1. The number of hydrogen-bond donors (Lipinski definition) is 0. The molecule has 1 aliphatic carbocycles. The number of benzene rings is 1. The highest BCUT2D eigenvalue weighted by molar-refractivity contribution is 9.10. The summed E-state index contributed by atoms with van der Waals surface area (Å²) in [6.45, 7) is 1.36. The molecule has 0 aromatic heterocycles. The SMILES string of the molecule is Cc1cc(Br)cc(Cl)c1OC(=O)CN1C(=O)[C@@H]2CC=CC[C@H]2C1=O. The Bertz CT molecular complexity index is 712. The fourth-order valence-electron chi connectivity index (χ4n) is 3.12. The first-order valence-electron chi connectivity index (χ1n) is 7.55. The molecule has 1 heterocycles. The average molecular weight is 413 g/mol. The van der Waals surface area contributed by atoms with Crippen molar-refractivity contribution in [3.8, 4) is 5.75 Å². The Labute approximate surface area is 152 Å². The summed E-state index contributed by atoms with van der Waals surface area (Å²) < 4.78 is 6.06. The molecule has 1 aliphatic heterocycles. The van der Waals surface area contributed by atoms with Crippen LogP contribution in [0.25, 0.3) is 0 Å². The molecule has 3 rings (SSSR count). The number of imide groups is 1. The van der Waals surface area contributed by atoms with Crippen LogP contribution in [0.2, 0.25) is 5.02 Å². The van der Waals surface area contributed by atoms with Gasteiger partial charge in [0.25, 0.3) is 0 Å². The minimum absolute atomic E-state index is 0.239. The first-order valence-corrected chi connectivity index (χ1v) is 8.72. The van der Waals surface area contributed by atoms with Gasteiger partial charge in [-0.15, -0.1) is 0 Å². The normalized spacial score (nSPS) is 22.7. The number of carbonyl (C=O) groups excluding carboxylic acids is 3. The van der Waals surface area contributed by atoms with Crippen molar-refractivity contribution in [3.63, 3.8) is 0 Å². The summed E-state index contributed by atoms with van der Waals surface area (Å²) in [7, 11) is 0. The van der Waals surface area contributed by atoms with Gasteiger partial charge < -0.3 is 4.74 Å². The highest BCUT2D eigenvalue weighted by Gasteiger charge is 2.47. The Hall–Kier alpha value is -1.66. The first kappa shape index (κ1) is 17.2. The maximum Gasteiger partial charge on any atom is 0.331 e. The second-order valence-electron chi connectivity index (χ2n) is 5.93. The van der Waals surface area contributed by atoms with E-state index < -0.39 is 12.5 Å². The van der Waals surface area contributed by atoms with Gasteiger partial charge in [0, 0.05) is 4.47 Å². The van der Waals surface area contributed by atoms with E-state index in [2.05, 4.69) is 15.9 Å². The number of nitrogens with zero attached hydrogens (tertiary/aromatic N) is 1. The fourth-order valence-corrected chi connectivity index (χ4v) is 4.13. The van der Waals surface area contributed by atoms with Crippen LogP contribution >= 0.6 is 27.5 Å². The molecule has 2 atom stereocenters. The van der Waals surface area contributed by atoms with Crippen molar-refractivity contribution in [2.75, 3.05) is 6.54 Å². The first-order chi connectivity index (χ1) is 11.4. The summed E-state index contributed by atoms with van der Waals surface area (Å²) in [5, 5.41) is 0.284. The molecule has 1 fully saturated rings. The van der Waals surface area contributed by atoms with Crippen molar-refractivity contribution < 1.29 is 19.1 Å². The molecule has 0 bridgehead atoms. The number of esters is 1. The standard InChI is InChI=1S/C17H15BrClNO4/c1-9-6-10(18)7-13(19)15(9)24-14(21)8-20-16(22)11-4-2-3-5-12(11)17(20)23/h2-3,6-7,11-12H,4-5,8H2,1H3/t11-,12-/m1/s1. The summed E-state index contributed by atoms with van der Waals surface area (Å²) in [5.41, 5.74) is 0.680. The maximum atomic E-state index is 12.3. The monoisotopic (exact) mass is 411 g/mol. The predicted molar refractivity (Wildman–Crippen MR) is 91.6 cm³/mol. The molecule has 0 unspecified atom stereocenters. The van der Waals surface area contributed by atoms with Crippen molar-refractivity contribution in [1.29, 1.82) is 0 Å². The highest BCUT2D eigenvalue weighted by atomic mass is 79.9. The molecule has 0 saturated carbocycles. The second-order valence-corrected chi connectivity index (χ2v) is 7.25. The van der Waals surface area contributed by atoms with Crippen molar-refractivity contribution in [1.82, 2.24) is 4.90 Å². The summed E-state index contributed by atoms with van der Waals surface area (Å²) in [5.74, 6) is -1.75. The van der Waals surface area contributed by atoms with E-state index in [0.29, 0.717) is 18.4 Å². The molecule has 0 radical (unpaired) electrons. The van der Waals surface area contributed by atoms with E-state index in [1.54, 1.807) is 19.1 Å². The van der Waals surface area contributed by atoms with Crippen LogP contribution in [0.4, 0.5) is 0 Å². The number of hydrogen-bond acceptors (Lipinski definition) is 4. The third-order valence-corrected chi connectivity index (χ3v) is 5.03. The number of rotatable bonds is 3. The molecule has 1 saturated heterocycles. The molecule has 126 valence electrons. The van der Waals surface area contributed by atoms with Crippen molar-refractivity contribution in [2.24, 2.45) is 11.8 Å². The van der Waals surface area contributed by atoms with Crippen molar-refractivity contribution >= 4 is 45.3 Å². The molecule has 2 amide bonds. The number of carbonyl (C=O) groups is 3. The fraction of sp³-hybridized carbons (Fsp3) is 0.353. The van der Waals surface area contributed by atoms with Gasteiger partial charge in [-0.1, -0.05) is 39.7 Å². The van der Waals surface area contributed by atoms with E-state index in [-0.39, 0.29) is 34.4 Å². The molecule has 0 N–H and O–H groups in total. The predicted octanol–water partition coefficient (Wildman–Crippen LogP) is 3.27. The quantitative estimate of drug-likeness (QED) is 0.331. The molecule has 2 aliphatic rings. The van der Waals surface area contributed by atoms with Gasteiger partial charge in [-0.3, -0.25) is 14.5 Å². The van der Waals surface area contributed by atoms with Crippen LogP contribution in [0.3, 0.4) is 0 Å². The maximum absolute atomic E-state index is 12.3. The number of amides is 2. The summed E-state index contributed by atoms with van der Waals surface area (Å²) >= 11 is 9.40. The van der Waals surface area contributed by atoms with Crippen LogP contribution in [-0.4, -0.2) is 29.2 Å². The lowest BCUT2D eigenvalue weighted by Gasteiger charge is -2.15. The molecular formula is C17H15BrClNO4. The van der Waals surface area contributed by atoms with Gasteiger partial charge in [0.1, 0.15) is 6.54 Å². The number of ether oxygens (including phenoxy) is 1. The summed E-state index contributed by atoms with van der Waals surface area (Å²) in [4.78, 5) is 37.9. The average Bonchev–Trinajstić information content (AvgIpc) is 2.76.